The first-order chi connectivity index (χ1) is 13.5. The zero-order valence-electron chi connectivity index (χ0n) is 16.3. The van der Waals surface area contributed by atoms with Gasteiger partial charge in [-0.2, -0.15) is 0 Å². The molecule has 0 bridgehead atoms. The van der Waals surface area contributed by atoms with Crippen LogP contribution in [0.5, 0.6) is 11.5 Å². The van der Waals surface area contributed by atoms with Gasteiger partial charge in [-0.05, 0) is 48.7 Å². The molecule has 0 aliphatic heterocycles. The first kappa shape index (κ1) is 19.5. The number of anilines is 2. The Balaban J connectivity index is 1.61. The van der Waals surface area contributed by atoms with E-state index in [9.17, 15) is 9.59 Å². The van der Waals surface area contributed by atoms with E-state index >= 15 is 0 Å². The van der Waals surface area contributed by atoms with E-state index in [1.807, 2.05) is 18.2 Å². The van der Waals surface area contributed by atoms with Gasteiger partial charge in [0.05, 0.1) is 14.2 Å². The molecule has 2 aromatic rings. The van der Waals surface area contributed by atoms with Gasteiger partial charge < -0.3 is 25.4 Å². The maximum absolute atomic E-state index is 12.3. The van der Waals surface area contributed by atoms with Crippen molar-refractivity contribution in [2.75, 3.05) is 31.4 Å². The van der Waals surface area contributed by atoms with Crippen molar-refractivity contribution >= 4 is 23.3 Å². The standard InChI is InChI=1S/C21H25N3O4/c1-14(25)23-16-5-4-6-17(12-16)24-20(26)22-13-21(9-10-21)15-7-8-18(27-2)19(11-15)28-3/h4-8,11-12H,9-10,13H2,1-3H3,(H,23,25)(H2,22,24,26). The fraction of sp³-hybridized carbons (Fsp3) is 0.333. The first-order valence-electron chi connectivity index (χ1n) is 9.11. The van der Waals surface area contributed by atoms with E-state index < -0.39 is 0 Å². The van der Waals surface area contributed by atoms with Gasteiger partial charge in [0, 0.05) is 30.3 Å². The Kier molecular flexibility index (Phi) is 5.73. The molecule has 0 atom stereocenters. The number of methoxy groups -OCH3 is 2. The molecule has 3 amide bonds. The van der Waals surface area contributed by atoms with Crippen LogP contribution in [0.3, 0.4) is 0 Å². The molecular formula is C21H25N3O4. The van der Waals surface area contributed by atoms with Crippen molar-refractivity contribution in [2.45, 2.75) is 25.2 Å². The highest BCUT2D eigenvalue weighted by Gasteiger charge is 2.44. The summed E-state index contributed by atoms with van der Waals surface area (Å²) in [5, 5.41) is 8.44. The monoisotopic (exact) mass is 383 g/mol. The largest absolute Gasteiger partial charge is 0.493 e. The molecule has 2 aromatic carbocycles. The van der Waals surface area contributed by atoms with Crippen molar-refractivity contribution in [1.82, 2.24) is 5.32 Å². The molecule has 1 aliphatic carbocycles. The van der Waals surface area contributed by atoms with E-state index in [0.717, 1.165) is 18.4 Å². The van der Waals surface area contributed by atoms with Gasteiger partial charge in [0.2, 0.25) is 5.91 Å². The second-order valence-electron chi connectivity index (χ2n) is 6.92. The van der Waals surface area contributed by atoms with Gasteiger partial charge in [-0.1, -0.05) is 12.1 Å². The summed E-state index contributed by atoms with van der Waals surface area (Å²) in [6, 6.07) is 12.6. The van der Waals surface area contributed by atoms with Gasteiger partial charge in [0.15, 0.2) is 11.5 Å². The van der Waals surface area contributed by atoms with Crippen LogP contribution in [0.25, 0.3) is 0 Å². The minimum atomic E-state index is -0.285. The highest BCUT2D eigenvalue weighted by atomic mass is 16.5. The van der Waals surface area contributed by atoms with Crippen LogP contribution in [0.4, 0.5) is 16.2 Å². The van der Waals surface area contributed by atoms with Gasteiger partial charge >= 0.3 is 6.03 Å². The fourth-order valence-corrected chi connectivity index (χ4v) is 3.19. The average molecular weight is 383 g/mol. The Morgan fingerprint density at radius 1 is 0.964 bits per heavy atom. The Hall–Kier alpha value is -3.22. The summed E-state index contributed by atoms with van der Waals surface area (Å²) < 4.78 is 10.7. The summed E-state index contributed by atoms with van der Waals surface area (Å²) >= 11 is 0. The number of ether oxygens (including phenoxy) is 2. The molecule has 0 radical (unpaired) electrons. The number of carbonyl (C=O) groups is 2. The van der Waals surface area contributed by atoms with E-state index in [1.165, 1.54) is 6.92 Å². The lowest BCUT2D eigenvalue weighted by Gasteiger charge is -2.19. The lowest BCUT2D eigenvalue weighted by atomic mass is 9.95. The van der Waals surface area contributed by atoms with E-state index in [4.69, 9.17) is 9.47 Å². The third-order valence-electron chi connectivity index (χ3n) is 4.88. The van der Waals surface area contributed by atoms with Crippen LogP contribution in [0.2, 0.25) is 0 Å². The predicted octanol–water partition coefficient (Wildman–Crippen LogP) is 3.52. The summed E-state index contributed by atoms with van der Waals surface area (Å²) in [7, 11) is 3.22. The molecule has 3 N–H and O–H groups in total. The van der Waals surface area contributed by atoms with E-state index in [2.05, 4.69) is 16.0 Å². The molecule has 3 rings (SSSR count). The summed E-state index contributed by atoms with van der Waals surface area (Å²) in [5.74, 6) is 1.21. The van der Waals surface area contributed by atoms with Crippen LogP contribution < -0.4 is 25.4 Å². The lowest BCUT2D eigenvalue weighted by molar-refractivity contribution is -0.114. The van der Waals surface area contributed by atoms with E-state index in [-0.39, 0.29) is 17.4 Å². The second kappa shape index (κ2) is 8.21. The minimum Gasteiger partial charge on any atom is -0.493 e. The second-order valence-corrected chi connectivity index (χ2v) is 6.92. The Morgan fingerprint density at radius 2 is 1.64 bits per heavy atom. The third kappa shape index (κ3) is 4.54. The minimum absolute atomic E-state index is 0.0745. The number of hydrogen-bond donors (Lipinski definition) is 3. The average Bonchev–Trinajstić information content (AvgIpc) is 3.47. The smallest absolute Gasteiger partial charge is 0.319 e. The maximum atomic E-state index is 12.3. The zero-order chi connectivity index (χ0) is 20.1. The highest BCUT2D eigenvalue weighted by molar-refractivity contribution is 5.92. The SMILES string of the molecule is COc1ccc(C2(CNC(=O)Nc3cccc(NC(C)=O)c3)CC2)cc1OC. The molecule has 7 heteroatoms. The number of urea groups is 1. The molecule has 0 unspecified atom stereocenters. The zero-order valence-corrected chi connectivity index (χ0v) is 16.3. The quantitative estimate of drug-likeness (QED) is 0.683. The first-order valence-corrected chi connectivity index (χ1v) is 9.11. The van der Waals surface area contributed by atoms with Gasteiger partial charge in [0.25, 0.3) is 0 Å². The highest BCUT2D eigenvalue weighted by Crippen LogP contribution is 2.49. The van der Waals surface area contributed by atoms with E-state index in [1.54, 1.807) is 38.5 Å². The van der Waals surface area contributed by atoms with Crippen LogP contribution in [0, 0.1) is 0 Å². The molecule has 1 saturated carbocycles. The van der Waals surface area contributed by atoms with Crippen molar-refractivity contribution in [3.63, 3.8) is 0 Å². The number of amides is 3. The van der Waals surface area contributed by atoms with Crippen molar-refractivity contribution in [3.8, 4) is 11.5 Å². The van der Waals surface area contributed by atoms with Crippen LogP contribution in [0.1, 0.15) is 25.3 Å². The fourth-order valence-electron chi connectivity index (χ4n) is 3.19. The van der Waals surface area contributed by atoms with Crippen molar-refractivity contribution in [1.29, 1.82) is 0 Å². The van der Waals surface area contributed by atoms with Crippen LogP contribution in [-0.2, 0) is 10.2 Å². The number of nitrogens with one attached hydrogen (secondary N) is 3. The summed E-state index contributed by atoms with van der Waals surface area (Å²) in [6.45, 7) is 1.97. The van der Waals surface area contributed by atoms with Gasteiger partial charge in [0.1, 0.15) is 0 Å². The predicted molar refractivity (Wildman–Crippen MR) is 108 cm³/mol. The summed E-state index contributed by atoms with van der Waals surface area (Å²) in [4.78, 5) is 23.5. The maximum Gasteiger partial charge on any atom is 0.319 e. The molecule has 0 heterocycles. The van der Waals surface area contributed by atoms with Crippen LogP contribution >= 0.6 is 0 Å². The number of carbonyl (C=O) groups excluding carboxylic acids is 2. The number of rotatable bonds is 7. The van der Waals surface area contributed by atoms with Crippen LogP contribution in [-0.4, -0.2) is 32.7 Å². The number of benzene rings is 2. The normalized spacial score (nSPS) is 14.0. The van der Waals surface area contributed by atoms with Crippen molar-refractivity contribution in [2.24, 2.45) is 0 Å². The Morgan fingerprint density at radius 3 is 2.25 bits per heavy atom. The molecule has 28 heavy (non-hydrogen) atoms. The Bertz CT molecular complexity index is 878. The molecule has 148 valence electrons. The third-order valence-corrected chi connectivity index (χ3v) is 4.88. The summed E-state index contributed by atoms with van der Waals surface area (Å²) in [6.07, 6.45) is 2.00. The molecule has 7 nitrogen and oxygen atoms in total. The number of hydrogen-bond acceptors (Lipinski definition) is 4. The van der Waals surface area contributed by atoms with Crippen LogP contribution in [0.15, 0.2) is 42.5 Å². The topological polar surface area (TPSA) is 88.7 Å². The van der Waals surface area contributed by atoms with Crippen molar-refractivity contribution < 1.29 is 19.1 Å². The molecular weight excluding hydrogens is 358 g/mol. The molecule has 1 fully saturated rings. The molecule has 0 aromatic heterocycles. The van der Waals surface area contributed by atoms with Gasteiger partial charge in [-0.15, -0.1) is 0 Å². The van der Waals surface area contributed by atoms with Gasteiger partial charge in [-0.3, -0.25) is 4.79 Å². The summed E-state index contributed by atoms with van der Waals surface area (Å²) in [5.41, 5.74) is 2.29. The molecule has 1 aliphatic rings. The Labute approximate surface area is 164 Å². The van der Waals surface area contributed by atoms with E-state index in [0.29, 0.717) is 29.4 Å². The van der Waals surface area contributed by atoms with Crippen molar-refractivity contribution in [3.05, 3.63) is 48.0 Å². The lowest BCUT2D eigenvalue weighted by Crippen LogP contribution is -2.35. The molecule has 0 spiro atoms. The van der Waals surface area contributed by atoms with Gasteiger partial charge in [-0.25, -0.2) is 4.79 Å². The molecule has 0 saturated heterocycles.